The minimum Gasteiger partial charge on any atom is -0.396 e. The molecule has 0 aliphatic carbocycles. The summed E-state index contributed by atoms with van der Waals surface area (Å²) >= 11 is 0. The molecule has 0 fully saturated rings. The monoisotopic (exact) mass is 170 g/mol. The molecule has 0 rings (SSSR count). The van der Waals surface area contributed by atoms with Crippen molar-refractivity contribution in [3.8, 4) is 11.8 Å². The van der Waals surface area contributed by atoms with Gasteiger partial charge in [-0.1, -0.05) is 12.8 Å². The second-order valence-corrected chi connectivity index (χ2v) is 3.04. The van der Waals surface area contributed by atoms with Crippen LogP contribution in [-0.2, 0) is 4.74 Å². The molecular weight excluding hydrogens is 152 g/mol. The van der Waals surface area contributed by atoms with Crippen LogP contribution < -0.4 is 0 Å². The Morgan fingerprint density at radius 1 is 1.42 bits per heavy atom. The Balaban J connectivity index is 4.19. The third kappa shape index (κ3) is 3.25. The number of aliphatic hydroxyl groups excluding tert-OH is 1. The summed E-state index contributed by atoms with van der Waals surface area (Å²) < 4.78 is 5.25. The van der Waals surface area contributed by atoms with Crippen molar-refractivity contribution in [2.24, 2.45) is 11.8 Å². The van der Waals surface area contributed by atoms with Gasteiger partial charge in [0.05, 0.1) is 6.10 Å². The van der Waals surface area contributed by atoms with Crippen LogP contribution >= 0.6 is 0 Å². The molecule has 0 saturated heterocycles. The van der Waals surface area contributed by atoms with E-state index in [2.05, 4.69) is 11.8 Å². The van der Waals surface area contributed by atoms with Crippen LogP contribution in [0.5, 0.6) is 0 Å². The molecule has 0 aliphatic heterocycles. The van der Waals surface area contributed by atoms with Crippen LogP contribution in [0, 0.1) is 23.7 Å². The SMILES string of the molecule is CC#C[C@H](C)[C@@H](OC)[C@@H](C)CO. The average Bonchev–Trinajstić information content (AvgIpc) is 2.06. The van der Waals surface area contributed by atoms with Crippen molar-refractivity contribution in [2.45, 2.75) is 26.9 Å². The van der Waals surface area contributed by atoms with Crippen molar-refractivity contribution in [1.82, 2.24) is 0 Å². The predicted octanol–water partition coefficient (Wildman–Crippen LogP) is 1.29. The maximum Gasteiger partial charge on any atom is 0.0753 e. The van der Waals surface area contributed by atoms with Gasteiger partial charge in [-0.05, 0) is 13.8 Å². The van der Waals surface area contributed by atoms with Crippen molar-refractivity contribution in [2.75, 3.05) is 13.7 Å². The highest BCUT2D eigenvalue weighted by molar-refractivity contribution is 5.02. The molecule has 0 amide bonds. The van der Waals surface area contributed by atoms with E-state index in [1.165, 1.54) is 0 Å². The number of hydrogen-bond donors (Lipinski definition) is 1. The Kier molecular flexibility index (Phi) is 5.79. The molecule has 1 N–H and O–H groups in total. The summed E-state index contributed by atoms with van der Waals surface area (Å²) in [5.41, 5.74) is 0. The average molecular weight is 170 g/mol. The summed E-state index contributed by atoms with van der Waals surface area (Å²) in [6.45, 7) is 5.93. The first-order valence-corrected chi connectivity index (χ1v) is 4.23. The van der Waals surface area contributed by atoms with Gasteiger partial charge in [0.15, 0.2) is 0 Å². The van der Waals surface area contributed by atoms with Crippen LogP contribution in [0.1, 0.15) is 20.8 Å². The van der Waals surface area contributed by atoms with E-state index in [0.29, 0.717) is 0 Å². The Morgan fingerprint density at radius 2 is 2.00 bits per heavy atom. The van der Waals surface area contributed by atoms with Crippen LogP contribution in [0.2, 0.25) is 0 Å². The van der Waals surface area contributed by atoms with Crippen molar-refractivity contribution in [3.05, 3.63) is 0 Å². The number of methoxy groups -OCH3 is 1. The molecule has 0 bridgehead atoms. The van der Waals surface area contributed by atoms with Crippen molar-refractivity contribution in [3.63, 3.8) is 0 Å². The number of hydrogen-bond acceptors (Lipinski definition) is 2. The molecule has 2 nitrogen and oxygen atoms in total. The fourth-order valence-corrected chi connectivity index (χ4v) is 1.34. The van der Waals surface area contributed by atoms with E-state index in [0.717, 1.165) is 0 Å². The molecule has 0 unspecified atom stereocenters. The first kappa shape index (κ1) is 11.5. The van der Waals surface area contributed by atoms with Crippen molar-refractivity contribution in [1.29, 1.82) is 0 Å². The molecule has 0 aromatic rings. The predicted molar refractivity (Wildman–Crippen MR) is 49.7 cm³/mol. The highest BCUT2D eigenvalue weighted by atomic mass is 16.5. The molecule has 0 saturated carbocycles. The largest absolute Gasteiger partial charge is 0.396 e. The highest BCUT2D eigenvalue weighted by Gasteiger charge is 2.20. The first-order chi connectivity index (χ1) is 5.67. The van der Waals surface area contributed by atoms with Crippen LogP contribution in [-0.4, -0.2) is 24.9 Å². The molecule has 70 valence electrons. The second kappa shape index (κ2) is 6.05. The maximum absolute atomic E-state index is 8.93. The molecule has 0 aromatic carbocycles. The zero-order valence-corrected chi connectivity index (χ0v) is 8.29. The normalized spacial score (nSPS) is 17.4. The molecule has 0 spiro atoms. The Morgan fingerprint density at radius 3 is 2.33 bits per heavy atom. The van der Waals surface area contributed by atoms with Gasteiger partial charge in [-0.15, -0.1) is 5.92 Å². The number of rotatable bonds is 4. The van der Waals surface area contributed by atoms with Gasteiger partial charge in [0.1, 0.15) is 0 Å². The molecule has 2 heteroatoms. The van der Waals surface area contributed by atoms with Gasteiger partial charge in [0, 0.05) is 25.6 Å². The van der Waals surface area contributed by atoms with Gasteiger partial charge in [-0.2, -0.15) is 0 Å². The van der Waals surface area contributed by atoms with E-state index in [4.69, 9.17) is 9.84 Å². The Bertz CT molecular complexity index is 166. The van der Waals surface area contributed by atoms with Crippen molar-refractivity contribution < 1.29 is 9.84 Å². The van der Waals surface area contributed by atoms with Gasteiger partial charge in [0.25, 0.3) is 0 Å². The number of ether oxygens (including phenoxy) is 1. The highest BCUT2D eigenvalue weighted by Crippen LogP contribution is 2.15. The summed E-state index contributed by atoms with van der Waals surface area (Å²) in [6.07, 6.45) is 0.0300. The fraction of sp³-hybridized carbons (Fsp3) is 0.800. The van der Waals surface area contributed by atoms with Gasteiger partial charge in [-0.3, -0.25) is 0 Å². The lowest BCUT2D eigenvalue weighted by Crippen LogP contribution is -2.29. The Labute approximate surface area is 74.9 Å². The lowest BCUT2D eigenvalue weighted by atomic mass is 9.94. The minimum atomic E-state index is 0.0300. The van der Waals surface area contributed by atoms with Crippen molar-refractivity contribution >= 4 is 0 Å². The van der Waals surface area contributed by atoms with E-state index >= 15 is 0 Å². The fourth-order valence-electron chi connectivity index (χ4n) is 1.34. The van der Waals surface area contributed by atoms with E-state index in [-0.39, 0.29) is 24.5 Å². The quantitative estimate of drug-likeness (QED) is 0.644. The third-order valence-electron chi connectivity index (χ3n) is 1.99. The second-order valence-electron chi connectivity index (χ2n) is 3.04. The molecule has 0 radical (unpaired) electrons. The van der Waals surface area contributed by atoms with E-state index in [9.17, 15) is 0 Å². The van der Waals surface area contributed by atoms with Gasteiger partial charge >= 0.3 is 0 Å². The smallest absolute Gasteiger partial charge is 0.0753 e. The minimum absolute atomic E-state index is 0.0300. The summed E-state index contributed by atoms with van der Waals surface area (Å²) in [5, 5.41) is 8.93. The van der Waals surface area contributed by atoms with Gasteiger partial charge < -0.3 is 9.84 Å². The maximum atomic E-state index is 8.93. The van der Waals surface area contributed by atoms with Gasteiger partial charge in [-0.25, -0.2) is 0 Å². The third-order valence-corrected chi connectivity index (χ3v) is 1.99. The lowest BCUT2D eigenvalue weighted by molar-refractivity contribution is 0.0130. The van der Waals surface area contributed by atoms with E-state index < -0.39 is 0 Å². The molecule has 0 aromatic heterocycles. The van der Waals surface area contributed by atoms with Gasteiger partial charge in [0.2, 0.25) is 0 Å². The summed E-state index contributed by atoms with van der Waals surface area (Å²) in [5.74, 6) is 6.20. The molecule has 0 aliphatic rings. The molecule has 12 heavy (non-hydrogen) atoms. The van der Waals surface area contributed by atoms with E-state index in [1.54, 1.807) is 7.11 Å². The summed E-state index contributed by atoms with van der Waals surface area (Å²) in [4.78, 5) is 0. The van der Waals surface area contributed by atoms with Crippen LogP contribution in [0.25, 0.3) is 0 Å². The molecular formula is C10H18O2. The Hall–Kier alpha value is -0.520. The lowest BCUT2D eigenvalue weighted by Gasteiger charge is -2.23. The number of aliphatic hydroxyl groups is 1. The molecule has 0 heterocycles. The first-order valence-electron chi connectivity index (χ1n) is 4.23. The standard InChI is InChI=1S/C10H18O2/c1-5-6-8(2)10(12-4)9(3)7-11/h8-11H,7H2,1-4H3/t8-,9-,10+/m0/s1. The van der Waals surface area contributed by atoms with E-state index in [1.807, 2.05) is 20.8 Å². The topological polar surface area (TPSA) is 29.5 Å². The summed E-state index contributed by atoms with van der Waals surface area (Å²) in [6, 6.07) is 0. The van der Waals surface area contributed by atoms with Crippen LogP contribution in [0.15, 0.2) is 0 Å². The van der Waals surface area contributed by atoms with Crippen LogP contribution in [0.3, 0.4) is 0 Å². The zero-order valence-electron chi connectivity index (χ0n) is 8.29. The zero-order chi connectivity index (χ0) is 9.56. The summed E-state index contributed by atoms with van der Waals surface area (Å²) in [7, 11) is 1.66. The van der Waals surface area contributed by atoms with Crippen LogP contribution in [0.4, 0.5) is 0 Å². The molecule has 3 atom stereocenters.